The number of nitrogens with zero attached hydrogens (tertiary/aromatic N) is 1. The van der Waals surface area contributed by atoms with Crippen molar-refractivity contribution in [2.75, 3.05) is 0 Å². The second-order valence-electron chi connectivity index (χ2n) is 4.49. The monoisotopic (exact) mass is 254 g/mol. The molecule has 4 heteroatoms. The predicted molar refractivity (Wildman–Crippen MR) is 70.2 cm³/mol. The minimum atomic E-state index is -0.0925. The van der Waals surface area contributed by atoms with Crippen molar-refractivity contribution in [2.45, 2.75) is 39.7 Å². The Morgan fingerprint density at radius 2 is 2.24 bits per heavy atom. The Hall–Kier alpha value is -1.09. The molecule has 1 N–H and O–H groups in total. The second-order valence-corrected chi connectivity index (χ2v) is 4.88. The molecule has 17 heavy (non-hydrogen) atoms. The highest BCUT2D eigenvalue weighted by Crippen LogP contribution is 2.11. The zero-order chi connectivity index (χ0) is 12.8. The van der Waals surface area contributed by atoms with E-state index < -0.39 is 0 Å². The zero-order valence-corrected chi connectivity index (χ0v) is 11.3. The first kappa shape index (κ1) is 14.0. The summed E-state index contributed by atoms with van der Waals surface area (Å²) in [7, 11) is 0. The molecule has 0 saturated heterocycles. The molecule has 0 fully saturated rings. The molecule has 0 spiro atoms. The van der Waals surface area contributed by atoms with E-state index in [1.54, 1.807) is 12.1 Å². The van der Waals surface area contributed by atoms with E-state index in [9.17, 15) is 4.79 Å². The lowest BCUT2D eigenvalue weighted by molar-refractivity contribution is 0.0935. The van der Waals surface area contributed by atoms with Crippen LogP contribution in [0.1, 0.15) is 44.0 Å². The van der Waals surface area contributed by atoms with Crippen molar-refractivity contribution in [3.05, 3.63) is 29.0 Å². The van der Waals surface area contributed by atoms with Gasteiger partial charge in [-0.1, -0.05) is 31.9 Å². The van der Waals surface area contributed by atoms with Crippen molar-refractivity contribution in [1.29, 1.82) is 0 Å². The van der Waals surface area contributed by atoms with Gasteiger partial charge in [0.1, 0.15) is 5.15 Å². The Bertz CT molecular complexity index is 381. The van der Waals surface area contributed by atoms with E-state index in [1.807, 2.05) is 6.92 Å². The molecular formula is C13H19ClN2O. The van der Waals surface area contributed by atoms with Crippen LogP contribution in [0.5, 0.6) is 0 Å². The van der Waals surface area contributed by atoms with E-state index in [1.165, 1.54) is 6.20 Å². The Kier molecular flexibility index (Phi) is 5.42. The van der Waals surface area contributed by atoms with Gasteiger partial charge >= 0.3 is 0 Å². The predicted octanol–water partition coefficient (Wildman–Crippen LogP) is 3.29. The number of aromatic nitrogens is 1. The highest BCUT2D eigenvalue weighted by atomic mass is 35.5. The fourth-order valence-electron chi connectivity index (χ4n) is 1.68. The molecule has 0 bridgehead atoms. The Balaban J connectivity index is 2.54. The number of hydrogen-bond donors (Lipinski definition) is 1. The summed E-state index contributed by atoms with van der Waals surface area (Å²) in [5.41, 5.74) is 0.556. The first-order valence-corrected chi connectivity index (χ1v) is 6.33. The van der Waals surface area contributed by atoms with Crippen molar-refractivity contribution in [1.82, 2.24) is 10.3 Å². The van der Waals surface area contributed by atoms with Crippen LogP contribution in [-0.2, 0) is 0 Å². The first-order valence-electron chi connectivity index (χ1n) is 5.95. The summed E-state index contributed by atoms with van der Waals surface area (Å²) in [6.07, 6.45) is 3.65. The molecule has 1 aromatic heterocycles. The summed E-state index contributed by atoms with van der Waals surface area (Å²) in [5, 5.41) is 3.30. The summed E-state index contributed by atoms with van der Waals surface area (Å²) < 4.78 is 0. The van der Waals surface area contributed by atoms with Gasteiger partial charge in [-0.3, -0.25) is 4.79 Å². The molecule has 2 atom stereocenters. The highest BCUT2D eigenvalue weighted by molar-refractivity contribution is 6.29. The third-order valence-corrected chi connectivity index (χ3v) is 3.03. The number of amides is 1. The maximum Gasteiger partial charge on any atom is 0.251 e. The molecule has 2 unspecified atom stereocenters. The number of carbonyl (C=O) groups is 1. The average molecular weight is 255 g/mol. The fraction of sp³-hybridized carbons (Fsp3) is 0.538. The van der Waals surface area contributed by atoms with Gasteiger partial charge in [0.2, 0.25) is 0 Å². The molecule has 3 nitrogen and oxygen atoms in total. The van der Waals surface area contributed by atoms with Crippen molar-refractivity contribution in [3.8, 4) is 0 Å². The molecule has 0 saturated carbocycles. The Morgan fingerprint density at radius 1 is 1.53 bits per heavy atom. The van der Waals surface area contributed by atoms with Gasteiger partial charge in [-0.15, -0.1) is 0 Å². The van der Waals surface area contributed by atoms with Crippen molar-refractivity contribution < 1.29 is 4.79 Å². The van der Waals surface area contributed by atoms with Gasteiger partial charge < -0.3 is 5.32 Å². The van der Waals surface area contributed by atoms with Crippen LogP contribution in [0.15, 0.2) is 18.3 Å². The van der Waals surface area contributed by atoms with Crippen LogP contribution < -0.4 is 5.32 Å². The molecule has 0 aliphatic rings. The molecule has 0 aromatic carbocycles. The minimum Gasteiger partial charge on any atom is -0.350 e. The topological polar surface area (TPSA) is 42.0 Å². The zero-order valence-electron chi connectivity index (χ0n) is 10.5. The minimum absolute atomic E-state index is 0.0925. The smallest absolute Gasteiger partial charge is 0.251 e. The third-order valence-electron chi connectivity index (χ3n) is 2.82. The van der Waals surface area contributed by atoms with Crippen LogP contribution in [-0.4, -0.2) is 16.9 Å². The number of rotatable bonds is 5. The number of carbonyl (C=O) groups excluding carboxylic acids is 1. The normalized spacial score (nSPS) is 14.1. The summed E-state index contributed by atoms with van der Waals surface area (Å²) in [6.45, 7) is 6.36. The van der Waals surface area contributed by atoms with Gasteiger partial charge in [-0.25, -0.2) is 4.98 Å². The van der Waals surface area contributed by atoms with Gasteiger partial charge in [-0.2, -0.15) is 0 Å². The molecular weight excluding hydrogens is 236 g/mol. The van der Waals surface area contributed by atoms with E-state index in [-0.39, 0.29) is 11.9 Å². The van der Waals surface area contributed by atoms with Crippen LogP contribution >= 0.6 is 11.6 Å². The Labute approximate surface area is 108 Å². The molecule has 1 aromatic rings. The van der Waals surface area contributed by atoms with Gasteiger partial charge in [-0.05, 0) is 31.4 Å². The fourth-order valence-corrected chi connectivity index (χ4v) is 1.85. The SMILES string of the molecule is CCC(C)CC(C)NC(=O)c1ccnc(Cl)c1. The second kappa shape index (κ2) is 6.60. The van der Waals surface area contributed by atoms with E-state index in [0.717, 1.165) is 12.8 Å². The van der Waals surface area contributed by atoms with Crippen LogP contribution in [0, 0.1) is 5.92 Å². The van der Waals surface area contributed by atoms with Gasteiger partial charge in [0, 0.05) is 17.8 Å². The van der Waals surface area contributed by atoms with Gasteiger partial charge in [0.15, 0.2) is 0 Å². The summed E-state index contributed by atoms with van der Waals surface area (Å²) in [4.78, 5) is 15.7. The largest absolute Gasteiger partial charge is 0.350 e. The standard InChI is InChI=1S/C13H19ClN2O/c1-4-9(2)7-10(3)16-13(17)11-5-6-15-12(14)8-11/h5-6,8-10H,4,7H2,1-3H3,(H,16,17). The lowest BCUT2D eigenvalue weighted by Crippen LogP contribution is -2.33. The van der Waals surface area contributed by atoms with Gasteiger partial charge in [0.25, 0.3) is 5.91 Å². The number of pyridine rings is 1. The van der Waals surface area contributed by atoms with Crippen LogP contribution in [0.3, 0.4) is 0 Å². The molecule has 1 amide bonds. The van der Waals surface area contributed by atoms with Gasteiger partial charge in [0.05, 0.1) is 0 Å². The van der Waals surface area contributed by atoms with E-state index in [4.69, 9.17) is 11.6 Å². The molecule has 94 valence electrons. The van der Waals surface area contributed by atoms with E-state index in [0.29, 0.717) is 16.6 Å². The van der Waals surface area contributed by atoms with Crippen LogP contribution in [0.4, 0.5) is 0 Å². The van der Waals surface area contributed by atoms with Crippen molar-refractivity contribution in [3.63, 3.8) is 0 Å². The lowest BCUT2D eigenvalue weighted by atomic mass is 10.0. The third kappa shape index (κ3) is 4.73. The molecule has 1 heterocycles. The number of hydrogen-bond acceptors (Lipinski definition) is 2. The van der Waals surface area contributed by atoms with Crippen LogP contribution in [0.2, 0.25) is 5.15 Å². The molecule has 0 aliphatic heterocycles. The first-order chi connectivity index (χ1) is 8.02. The van der Waals surface area contributed by atoms with E-state index >= 15 is 0 Å². The number of nitrogens with one attached hydrogen (secondary N) is 1. The van der Waals surface area contributed by atoms with E-state index in [2.05, 4.69) is 24.1 Å². The molecule has 0 aliphatic carbocycles. The maximum absolute atomic E-state index is 11.9. The Morgan fingerprint density at radius 3 is 2.82 bits per heavy atom. The average Bonchev–Trinajstić information content (AvgIpc) is 2.28. The van der Waals surface area contributed by atoms with Crippen LogP contribution in [0.25, 0.3) is 0 Å². The summed E-state index contributed by atoms with van der Waals surface area (Å²) >= 11 is 5.74. The quantitative estimate of drug-likeness (QED) is 0.820. The summed E-state index contributed by atoms with van der Waals surface area (Å²) in [5.74, 6) is 0.524. The van der Waals surface area contributed by atoms with Crippen molar-refractivity contribution in [2.24, 2.45) is 5.92 Å². The number of halogens is 1. The molecule has 0 radical (unpaired) electrons. The lowest BCUT2D eigenvalue weighted by Gasteiger charge is -2.17. The molecule has 1 rings (SSSR count). The maximum atomic E-state index is 11.9. The van der Waals surface area contributed by atoms with Crippen molar-refractivity contribution >= 4 is 17.5 Å². The highest BCUT2D eigenvalue weighted by Gasteiger charge is 2.12. The summed E-state index contributed by atoms with van der Waals surface area (Å²) in [6, 6.07) is 3.41.